The summed E-state index contributed by atoms with van der Waals surface area (Å²) in [7, 11) is 0. The van der Waals surface area contributed by atoms with Gasteiger partial charge in [0.05, 0.1) is 23.5 Å². The lowest BCUT2D eigenvalue weighted by molar-refractivity contribution is 0.0526. The number of hydrogen-bond acceptors (Lipinski definition) is 4. The van der Waals surface area contributed by atoms with Gasteiger partial charge in [0.25, 0.3) is 0 Å². The largest absolute Gasteiger partial charge is 0.462 e. The minimum absolute atomic E-state index is 0.348. The zero-order valence-electron chi connectivity index (χ0n) is 10.6. The molecule has 0 aliphatic heterocycles. The second kappa shape index (κ2) is 6.44. The fourth-order valence-corrected chi connectivity index (χ4v) is 1.52. The number of rotatable bonds is 4. The van der Waals surface area contributed by atoms with Crippen LogP contribution in [-0.2, 0) is 4.74 Å². The summed E-state index contributed by atoms with van der Waals surface area (Å²) in [5, 5.41) is 8.19. The van der Waals surface area contributed by atoms with Crippen LogP contribution < -0.4 is 0 Å². The van der Waals surface area contributed by atoms with Crippen LogP contribution in [0.25, 0.3) is 0 Å². The molecule has 0 spiro atoms. The van der Waals surface area contributed by atoms with Gasteiger partial charge < -0.3 is 4.74 Å². The van der Waals surface area contributed by atoms with E-state index in [0.717, 1.165) is 5.69 Å². The van der Waals surface area contributed by atoms with Crippen molar-refractivity contribution >= 4 is 17.3 Å². The van der Waals surface area contributed by atoms with Crippen LogP contribution in [0.3, 0.4) is 0 Å². The highest BCUT2D eigenvalue weighted by molar-refractivity contribution is 5.90. The van der Waals surface area contributed by atoms with E-state index in [2.05, 4.69) is 10.2 Å². The van der Waals surface area contributed by atoms with Crippen molar-refractivity contribution in [3.05, 3.63) is 60.2 Å². The van der Waals surface area contributed by atoms with Gasteiger partial charge in [-0.05, 0) is 37.3 Å². The summed E-state index contributed by atoms with van der Waals surface area (Å²) in [5.74, 6) is -0.348. The van der Waals surface area contributed by atoms with Crippen molar-refractivity contribution in [3.63, 3.8) is 0 Å². The van der Waals surface area contributed by atoms with Crippen LogP contribution in [0.1, 0.15) is 17.3 Å². The lowest BCUT2D eigenvalue weighted by atomic mass is 10.2. The molecule has 96 valence electrons. The molecule has 0 aromatic heterocycles. The number of azo groups is 1. The monoisotopic (exact) mass is 254 g/mol. The van der Waals surface area contributed by atoms with Gasteiger partial charge in [-0.25, -0.2) is 4.79 Å². The molecule has 0 aliphatic carbocycles. The number of esters is 1. The zero-order chi connectivity index (χ0) is 13.5. The number of carbonyl (C=O) groups is 1. The van der Waals surface area contributed by atoms with Gasteiger partial charge in [-0.3, -0.25) is 0 Å². The molecule has 0 saturated heterocycles. The first kappa shape index (κ1) is 13.0. The van der Waals surface area contributed by atoms with E-state index in [1.54, 1.807) is 31.2 Å². The van der Waals surface area contributed by atoms with Gasteiger partial charge in [-0.1, -0.05) is 24.3 Å². The Labute approximate surface area is 111 Å². The molecular weight excluding hydrogens is 240 g/mol. The maximum Gasteiger partial charge on any atom is 0.338 e. The standard InChI is InChI=1S/C15H14N2O2/c1-2-19-15(18)12-7-6-10-14(11-12)17-16-13-8-4-3-5-9-13/h3-11H,2H2,1H3. The summed E-state index contributed by atoms with van der Waals surface area (Å²) in [6.45, 7) is 2.13. The minimum atomic E-state index is -0.348. The molecule has 0 fully saturated rings. The summed E-state index contributed by atoms with van der Waals surface area (Å²) < 4.78 is 4.93. The van der Waals surface area contributed by atoms with Gasteiger partial charge in [0, 0.05) is 0 Å². The highest BCUT2D eigenvalue weighted by Gasteiger charge is 2.06. The number of hydrogen-bond donors (Lipinski definition) is 0. The van der Waals surface area contributed by atoms with Crippen LogP contribution in [0.15, 0.2) is 64.8 Å². The van der Waals surface area contributed by atoms with Crippen molar-refractivity contribution in [2.75, 3.05) is 6.61 Å². The van der Waals surface area contributed by atoms with E-state index in [1.807, 2.05) is 30.3 Å². The van der Waals surface area contributed by atoms with Gasteiger partial charge in [0.2, 0.25) is 0 Å². The molecule has 2 aromatic rings. The molecule has 0 atom stereocenters. The van der Waals surface area contributed by atoms with E-state index < -0.39 is 0 Å². The van der Waals surface area contributed by atoms with Crippen LogP contribution in [0.5, 0.6) is 0 Å². The van der Waals surface area contributed by atoms with Crippen LogP contribution in [0.2, 0.25) is 0 Å². The Morgan fingerprint density at radius 2 is 1.68 bits per heavy atom. The quantitative estimate of drug-likeness (QED) is 0.604. The maximum absolute atomic E-state index is 11.6. The van der Waals surface area contributed by atoms with Gasteiger partial charge in [0.15, 0.2) is 0 Å². The van der Waals surface area contributed by atoms with E-state index in [0.29, 0.717) is 17.9 Å². The highest BCUT2D eigenvalue weighted by Crippen LogP contribution is 2.19. The van der Waals surface area contributed by atoms with Crippen LogP contribution in [0.4, 0.5) is 11.4 Å². The lowest BCUT2D eigenvalue weighted by Crippen LogP contribution is -2.03. The fourth-order valence-electron chi connectivity index (χ4n) is 1.52. The van der Waals surface area contributed by atoms with E-state index in [4.69, 9.17) is 4.74 Å². The Hall–Kier alpha value is -2.49. The van der Waals surface area contributed by atoms with E-state index in [1.165, 1.54) is 0 Å². The predicted molar refractivity (Wildman–Crippen MR) is 73.0 cm³/mol. The van der Waals surface area contributed by atoms with Crippen molar-refractivity contribution in [2.24, 2.45) is 10.2 Å². The molecule has 0 aliphatic rings. The van der Waals surface area contributed by atoms with Crippen molar-refractivity contribution in [2.45, 2.75) is 6.92 Å². The van der Waals surface area contributed by atoms with E-state index in [9.17, 15) is 4.79 Å². The van der Waals surface area contributed by atoms with Crippen molar-refractivity contribution in [1.29, 1.82) is 0 Å². The molecule has 0 radical (unpaired) electrons. The summed E-state index contributed by atoms with van der Waals surface area (Å²) in [4.78, 5) is 11.6. The van der Waals surface area contributed by atoms with Gasteiger partial charge >= 0.3 is 5.97 Å². The summed E-state index contributed by atoms with van der Waals surface area (Å²) in [6, 6.07) is 16.3. The molecule has 2 rings (SSSR count). The molecule has 0 saturated carbocycles. The number of benzene rings is 2. The zero-order valence-corrected chi connectivity index (χ0v) is 10.6. The third kappa shape index (κ3) is 3.74. The van der Waals surface area contributed by atoms with Crippen LogP contribution in [0, 0.1) is 0 Å². The maximum atomic E-state index is 11.6. The molecule has 2 aromatic carbocycles. The van der Waals surface area contributed by atoms with Gasteiger partial charge in [-0.2, -0.15) is 10.2 Å². The molecule has 0 unspecified atom stereocenters. The van der Waals surface area contributed by atoms with E-state index in [-0.39, 0.29) is 5.97 Å². The first-order valence-corrected chi connectivity index (χ1v) is 6.03. The molecular formula is C15H14N2O2. The Morgan fingerprint density at radius 1 is 1.00 bits per heavy atom. The average molecular weight is 254 g/mol. The SMILES string of the molecule is CCOC(=O)c1cccc(N=Nc2ccccc2)c1. The normalized spacial score (nSPS) is 10.6. The molecule has 19 heavy (non-hydrogen) atoms. The Kier molecular flexibility index (Phi) is 4.39. The highest BCUT2D eigenvalue weighted by atomic mass is 16.5. The van der Waals surface area contributed by atoms with Gasteiger partial charge in [0.1, 0.15) is 0 Å². The second-order valence-electron chi connectivity index (χ2n) is 3.81. The fraction of sp³-hybridized carbons (Fsp3) is 0.133. The van der Waals surface area contributed by atoms with Gasteiger partial charge in [-0.15, -0.1) is 0 Å². The topological polar surface area (TPSA) is 51.0 Å². The summed E-state index contributed by atoms with van der Waals surface area (Å²) in [5.41, 5.74) is 1.87. The third-order valence-corrected chi connectivity index (χ3v) is 2.39. The number of ether oxygens (including phenoxy) is 1. The predicted octanol–water partition coefficient (Wildman–Crippen LogP) is 4.28. The van der Waals surface area contributed by atoms with Crippen LogP contribution >= 0.6 is 0 Å². The van der Waals surface area contributed by atoms with E-state index >= 15 is 0 Å². The van der Waals surface area contributed by atoms with Crippen molar-refractivity contribution in [3.8, 4) is 0 Å². The Morgan fingerprint density at radius 3 is 2.42 bits per heavy atom. The molecule has 0 bridgehead atoms. The summed E-state index contributed by atoms with van der Waals surface area (Å²) in [6.07, 6.45) is 0. The molecule has 0 N–H and O–H groups in total. The molecule has 0 amide bonds. The first-order valence-electron chi connectivity index (χ1n) is 6.03. The second-order valence-corrected chi connectivity index (χ2v) is 3.81. The number of carbonyl (C=O) groups excluding carboxylic acids is 1. The Bertz CT molecular complexity index is 580. The van der Waals surface area contributed by atoms with Crippen molar-refractivity contribution in [1.82, 2.24) is 0 Å². The molecule has 4 nitrogen and oxygen atoms in total. The van der Waals surface area contributed by atoms with Crippen molar-refractivity contribution < 1.29 is 9.53 Å². The molecule has 4 heteroatoms. The average Bonchev–Trinajstić information content (AvgIpc) is 2.47. The Balaban J connectivity index is 2.15. The minimum Gasteiger partial charge on any atom is -0.462 e. The number of nitrogens with zero attached hydrogens (tertiary/aromatic N) is 2. The third-order valence-electron chi connectivity index (χ3n) is 2.39. The smallest absolute Gasteiger partial charge is 0.338 e. The molecule has 0 heterocycles. The first-order chi connectivity index (χ1) is 9.29. The lowest BCUT2D eigenvalue weighted by Gasteiger charge is -2.01. The van der Waals surface area contributed by atoms with Crippen LogP contribution in [-0.4, -0.2) is 12.6 Å². The summed E-state index contributed by atoms with van der Waals surface area (Å²) >= 11 is 0.